The van der Waals surface area contributed by atoms with Crippen LogP contribution in [0.4, 0.5) is 0 Å². The number of hydrogen-bond donors (Lipinski definition) is 3. The maximum absolute atomic E-state index is 12.7. The molecule has 0 aliphatic carbocycles. The monoisotopic (exact) mass is 467 g/mol. The van der Waals surface area contributed by atoms with E-state index in [2.05, 4.69) is 0 Å². The molecular weight excluding hydrogens is 438 g/mol. The maximum atomic E-state index is 12.7. The second-order valence-corrected chi connectivity index (χ2v) is 8.77. The van der Waals surface area contributed by atoms with Gasteiger partial charge in [-0.3, -0.25) is 19.2 Å². The Morgan fingerprint density at radius 2 is 1.94 bits per heavy atom. The molecule has 32 heavy (non-hydrogen) atoms. The lowest BCUT2D eigenvalue weighted by Crippen LogP contribution is -2.56. The first-order chi connectivity index (χ1) is 15.1. The number of Topliss-reactive ketones (excluding diaryl/α,β-unsaturated/α-hetero) is 1. The molecule has 1 fully saturated rings. The number of thioether (sulfide) groups is 1. The van der Waals surface area contributed by atoms with Crippen LogP contribution in [0, 0.1) is 5.92 Å². The van der Waals surface area contributed by atoms with Gasteiger partial charge < -0.3 is 25.0 Å². The number of aliphatic hydroxyl groups is 1. The fourth-order valence-corrected chi connectivity index (χ4v) is 4.21. The van der Waals surface area contributed by atoms with Crippen molar-refractivity contribution in [2.24, 2.45) is 5.92 Å². The Morgan fingerprint density at radius 3 is 2.53 bits per heavy atom. The first-order valence-electron chi connectivity index (χ1n) is 10.5. The lowest BCUT2D eigenvalue weighted by Gasteiger charge is -2.41. The van der Waals surface area contributed by atoms with Gasteiger partial charge in [0.05, 0.1) is 13.0 Å². The summed E-state index contributed by atoms with van der Waals surface area (Å²) in [6.07, 6.45) is -0.953. The quantitative estimate of drug-likeness (QED) is 0.325. The average molecular weight is 468 g/mol. The summed E-state index contributed by atoms with van der Waals surface area (Å²) >= 11 is 0.991. The summed E-state index contributed by atoms with van der Waals surface area (Å²) in [7, 11) is 0. The number of carbonyl (C=O) groups excluding carboxylic acids is 4. The van der Waals surface area contributed by atoms with Crippen molar-refractivity contribution in [1.29, 1.82) is 0 Å². The Labute approximate surface area is 190 Å². The van der Waals surface area contributed by atoms with E-state index >= 15 is 0 Å². The van der Waals surface area contributed by atoms with E-state index in [4.69, 9.17) is 4.74 Å². The largest absolute Gasteiger partial charge is 0.504 e. The van der Waals surface area contributed by atoms with Gasteiger partial charge in [-0.1, -0.05) is 24.8 Å². The lowest BCUT2D eigenvalue weighted by atomic mass is 9.94. The highest BCUT2D eigenvalue weighted by Gasteiger charge is 2.39. The molecule has 176 valence electrons. The van der Waals surface area contributed by atoms with Gasteiger partial charge in [0.2, 0.25) is 11.0 Å². The molecule has 1 aromatic rings. The zero-order valence-electron chi connectivity index (χ0n) is 18.2. The first kappa shape index (κ1) is 25.7. The van der Waals surface area contributed by atoms with Gasteiger partial charge in [-0.15, -0.1) is 0 Å². The summed E-state index contributed by atoms with van der Waals surface area (Å²) in [5.74, 6) is -2.30. The number of phenolic OH excluding ortho intramolecular Hbond substituents is 2. The van der Waals surface area contributed by atoms with Gasteiger partial charge >= 0.3 is 5.97 Å². The molecule has 2 rings (SSSR count). The third kappa shape index (κ3) is 6.96. The number of ether oxygens (including phenoxy) is 1. The third-order valence-corrected chi connectivity index (χ3v) is 6.16. The molecule has 3 N–H and O–H groups in total. The molecule has 1 aromatic carbocycles. The minimum absolute atomic E-state index is 0.0600. The van der Waals surface area contributed by atoms with Crippen molar-refractivity contribution in [3.05, 3.63) is 23.8 Å². The molecule has 0 aromatic heterocycles. The highest BCUT2D eigenvalue weighted by Crippen LogP contribution is 2.27. The van der Waals surface area contributed by atoms with E-state index < -0.39 is 23.8 Å². The molecule has 0 bridgehead atoms. The van der Waals surface area contributed by atoms with E-state index in [9.17, 15) is 34.5 Å². The standard InChI is InChI=1S/C22H29NO8S/c1-3-31-20(28)7-9-32-22(30)15-6-8-23(15)21(29)13(2)10-17(25)19(27)12-14-4-5-16(24)18(26)11-14/h4-5,11,13,15,19,24,26-27H,3,6-10,12H2,1-2H3. The van der Waals surface area contributed by atoms with E-state index in [0.29, 0.717) is 18.5 Å². The van der Waals surface area contributed by atoms with Crippen LogP contribution in [-0.2, 0) is 30.3 Å². The molecule has 9 nitrogen and oxygen atoms in total. The number of rotatable bonds is 11. The van der Waals surface area contributed by atoms with Gasteiger partial charge in [0.25, 0.3) is 0 Å². The minimum Gasteiger partial charge on any atom is -0.504 e. The lowest BCUT2D eigenvalue weighted by molar-refractivity contribution is -0.148. The molecule has 10 heteroatoms. The first-order valence-corrected chi connectivity index (χ1v) is 11.5. The zero-order chi connectivity index (χ0) is 23.8. The van der Waals surface area contributed by atoms with Crippen LogP contribution in [0.1, 0.15) is 38.7 Å². The molecule has 1 aliphatic heterocycles. The smallest absolute Gasteiger partial charge is 0.306 e. The number of nitrogens with zero attached hydrogens (tertiary/aromatic N) is 1. The predicted molar refractivity (Wildman–Crippen MR) is 117 cm³/mol. The fraction of sp³-hybridized carbons (Fsp3) is 0.545. The second-order valence-electron chi connectivity index (χ2n) is 7.67. The second kappa shape index (κ2) is 11.9. The van der Waals surface area contributed by atoms with Crippen molar-refractivity contribution in [2.75, 3.05) is 18.9 Å². The highest BCUT2D eigenvalue weighted by atomic mass is 32.2. The Morgan fingerprint density at radius 1 is 1.22 bits per heavy atom. The van der Waals surface area contributed by atoms with Crippen molar-refractivity contribution < 1.29 is 39.2 Å². The van der Waals surface area contributed by atoms with Crippen LogP contribution in [-0.4, -0.2) is 74.0 Å². The molecule has 3 unspecified atom stereocenters. The Bertz CT molecular complexity index is 858. The van der Waals surface area contributed by atoms with Gasteiger partial charge in [0.15, 0.2) is 17.3 Å². The van der Waals surface area contributed by atoms with Crippen molar-refractivity contribution in [3.8, 4) is 11.5 Å². The molecular formula is C22H29NO8S. The third-order valence-electron chi connectivity index (χ3n) is 5.20. The number of amides is 1. The number of carbonyl (C=O) groups is 4. The van der Waals surface area contributed by atoms with E-state index in [-0.39, 0.29) is 60.1 Å². The van der Waals surface area contributed by atoms with E-state index in [1.807, 2.05) is 0 Å². The van der Waals surface area contributed by atoms with Gasteiger partial charge in [-0.05, 0) is 31.0 Å². The molecule has 1 amide bonds. The number of aromatic hydroxyl groups is 2. The average Bonchev–Trinajstić information content (AvgIpc) is 2.69. The Hall–Kier alpha value is -2.59. The van der Waals surface area contributed by atoms with Crippen LogP contribution in [0.3, 0.4) is 0 Å². The molecule has 1 aliphatic rings. The zero-order valence-corrected chi connectivity index (χ0v) is 19.0. The van der Waals surface area contributed by atoms with Crippen LogP contribution in [0.15, 0.2) is 18.2 Å². The van der Waals surface area contributed by atoms with Crippen LogP contribution in [0.5, 0.6) is 11.5 Å². The summed E-state index contributed by atoms with van der Waals surface area (Å²) in [6, 6.07) is 3.43. The van der Waals surface area contributed by atoms with Crippen LogP contribution in [0.2, 0.25) is 0 Å². The van der Waals surface area contributed by atoms with E-state index in [0.717, 1.165) is 11.8 Å². The van der Waals surface area contributed by atoms with Gasteiger partial charge in [-0.25, -0.2) is 0 Å². The highest BCUT2D eigenvalue weighted by molar-refractivity contribution is 8.13. The topological polar surface area (TPSA) is 141 Å². The SMILES string of the molecule is CCOC(=O)CCSC(=O)C1CCN1C(=O)C(C)CC(=O)C(O)Cc1ccc(O)c(O)c1. The normalized spacial score (nSPS) is 17.2. The minimum atomic E-state index is -1.36. The van der Waals surface area contributed by atoms with Crippen molar-refractivity contribution in [2.45, 2.75) is 51.7 Å². The molecule has 0 spiro atoms. The van der Waals surface area contributed by atoms with Gasteiger partial charge in [0, 0.05) is 31.1 Å². The number of likely N-dealkylation sites (tertiary alicyclic amines) is 1. The number of aliphatic hydroxyl groups excluding tert-OH is 1. The summed E-state index contributed by atoms with van der Waals surface area (Å²) in [6.45, 7) is 3.98. The van der Waals surface area contributed by atoms with Crippen molar-refractivity contribution >= 4 is 34.5 Å². The number of esters is 1. The van der Waals surface area contributed by atoms with Gasteiger partial charge in [0.1, 0.15) is 12.1 Å². The van der Waals surface area contributed by atoms with Crippen LogP contribution >= 0.6 is 11.8 Å². The summed E-state index contributed by atoms with van der Waals surface area (Å²) < 4.78 is 4.82. The van der Waals surface area contributed by atoms with Crippen LogP contribution in [0.25, 0.3) is 0 Å². The Kier molecular flexibility index (Phi) is 9.52. The number of benzene rings is 1. The van der Waals surface area contributed by atoms with Crippen molar-refractivity contribution in [3.63, 3.8) is 0 Å². The Balaban J connectivity index is 1.81. The number of phenols is 2. The predicted octanol–water partition coefficient (Wildman–Crippen LogP) is 1.41. The molecule has 0 saturated carbocycles. The fourth-order valence-electron chi connectivity index (χ4n) is 3.30. The summed E-state index contributed by atoms with van der Waals surface area (Å²) in [5, 5.41) is 28.8. The van der Waals surface area contributed by atoms with Crippen LogP contribution < -0.4 is 0 Å². The molecule has 0 radical (unpaired) electrons. The summed E-state index contributed by atoms with van der Waals surface area (Å²) in [5.41, 5.74) is 0.466. The molecule has 1 saturated heterocycles. The molecule has 3 atom stereocenters. The number of hydrogen-bond acceptors (Lipinski definition) is 9. The van der Waals surface area contributed by atoms with Crippen molar-refractivity contribution in [1.82, 2.24) is 4.90 Å². The van der Waals surface area contributed by atoms with Gasteiger partial charge in [-0.2, -0.15) is 0 Å². The summed E-state index contributed by atoms with van der Waals surface area (Å²) in [4.78, 5) is 50.2. The maximum Gasteiger partial charge on any atom is 0.306 e. The number of ketones is 1. The molecule has 1 heterocycles. The van der Waals surface area contributed by atoms with E-state index in [1.54, 1.807) is 13.8 Å². The van der Waals surface area contributed by atoms with E-state index in [1.165, 1.54) is 23.1 Å².